The molecule has 0 bridgehead atoms. The van der Waals surface area contributed by atoms with Crippen LogP contribution >= 0.6 is 11.6 Å². The number of aromatic amines is 1. The van der Waals surface area contributed by atoms with Gasteiger partial charge in [-0.15, -0.1) is 0 Å². The van der Waals surface area contributed by atoms with E-state index in [0.29, 0.717) is 24.3 Å². The predicted octanol–water partition coefficient (Wildman–Crippen LogP) is 3.46. The van der Waals surface area contributed by atoms with E-state index < -0.39 is 21.7 Å². The van der Waals surface area contributed by atoms with E-state index in [1.54, 1.807) is 13.8 Å². The van der Waals surface area contributed by atoms with E-state index in [1.165, 1.54) is 16.4 Å². The minimum absolute atomic E-state index is 0.0324. The second kappa shape index (κ2) is 7.02. The molecule has 9 heteroatoms. The summed E-state index contributed by atoms with van der Waals surface area (Å²) in [6, 6.07) is 3.89. The lowest BCUT2D eigenvalue weighted by atomic mass is 10.2. The molecular weight excluding hydrogens is 381 g/mol. The van der Waals surface area contributed by atoms with Gasteiger partial charge in [0, 0.05) is 23.8 Å². The number of nitrogens with one attached hydrogen (secondary N) is 2. The highest BCUT2D eigenvalue weighted by Crippen LogP contribution is 2.29. The van der Waals surface area contributed by atoms with Gasteiger partial charge in [0.1, 0.15) is 16.4 Å². The largest absolute Gasteiger partial charge is 0.353 e. The van der Waals surface area contributed by atoms with Gasteiger partial charge in [-0.1, -0.05) is 11.6 Å². The normalized spacial score (nSPS) is 15.4. The van der Waals surface area contributed by atoms with Crippen LogP contribution in [-0.2, 0) is 10.0 Å². The van der Waals surface area contributed by atoms with Gasteiger partial charge < -0.3 is 10.3 Å². The van der Waals surface area contributed by atoms with Gasteiger partial charge in [0.2, 0.25) is 10.0 Å². The predicted molar refractivity (Wildman–Crippen MR) is 97.6 cm³/mol. The summed E-state index contributed by atoms with van der Waals surface area (Å²) in [5.74, 6) is -1.29. The van der Waals surface area contributed by atoms with E-state index in [9.17, 15) is 17.6 Å². The second-order valence-corrected chi connectivity index (χ2v) is 8.58. The molecule has 0 spiro atoms. The topological polar surface area (TPSA) is 82.3 Å². The molecule has 0 radical (unpaired) electrons. The maximum Gasteiger partial charge on any atom is 0.272 e. The number of aryl methyl sites for hydroxylation is 1. The van der Waals surface area contributed by atoms with Crippen LogP contribution in [0, 0.1) is 19.7 Å². The van der Waals surface area contributed by atoms with E-state index in [0.717, 1.165) is 18.9 Å². The molecule has 0 unspecified atom stereocenters. The van der Waals surface area contributed by atoms with Crippen molar-refractivity contribution in [2.24, 2.45) is 0 Å². The highest BCUT2D eigenvalue weighted by molar-refractivity contribution is 7.89. The number of nitrogens with zero attached hydrogens (tertiary/aromatic N) is 1. The van der Waals surface area contributed by atoms with Crippen molar-refractivity contribution < 1.29 is 17.6 Å². The van der Waals surface area contributed by atoms with Crippen LogP contribution in [0.1, 0.15) is 34.6 Å². The number of aromatic nitrogens is 1. The van der Waals surface area contributed by atoms with Gasteiger partial charge in [0.25, 0.3) is 5.91 Å². The van der Waals surface area contributed by atoms with Crippen LogP contribution in [0.15, 0.2) is 23.1 Å². The molecule has 0 saturated carbocycles. The summed E-state index contributed by atoms with van der Waals surface area (Å²) in [4.78, 5) is 15.5. The van der Waals surface area contributed by atoms with Gasteiger partial charge in [-0.05, 0) is 50.5 Å². The third-order valence-electron chi connectivity index (χ3n) is 4.44. The maximum atomic E-state index is 13.9. The summed E-state index contributed by atoms with van der Waals surface area (Å²) in [7, 11) is -3.67. The van der Waals surface area contributed by atoms with Gasteiger partial charge in [0.15, 0.2) is 0 Å². The monoisotopic (exact) mass is 399 g/mol. The molecular formula is C17H19ClFN3O3S. The Labute approximate surface area is 156 Å². The molecule has 1 fully saturated rings. The summed E-state index contributed by atoms with van der Waals surface area (Å²) in [6.07, 6.45) is 1.65. The van der Waals surface area contributed by atoms with Gasteiger partial charge in [-0.25, -0.2) is 12.8 Å². The highest BCUT2D eigenvalue weighted by Gasteiger charge is 2.33. The number of benzene rings is 1. The number of H-pyrrole nitrogens is 1. The van der Waals surface area contributed by atoms with Crippen LogP contribution < -0.4 is 5.32 Å². The Balaban J connectivity index is 1.93. The number of carbonyl (C=O) groups excluding carboxylic acids is 1. The molecule has 6 nitrogen and oxygen atoms in total. The molecule has 2 N–H and O–H groups in total. The van der Waals surface area contributed by atoms with E-state index >= 15 is 0 Å². The first-order valence-corrected chi connectivity index (χ1v) is 9.99. The van der Waals surface area contributed by atoms with E-state index in [2.05, 4.69) is 10.3 Å². The summed E-state index contributed by atoms with van der Waals surface area (Å²) in [6.45, 7) is 4.13. The zero-order valence-electron chi connectivity index (χ0n) is 14.4. The lowest BCUT2D eigenvalue weighted by Gasteiger charge is -2.16. The SMILES string of the molecule is Cc1[nH]c(C(=O)Nc2ccc(Cl)cc2F)c(C)c1S(=O)(=O)N1CCCC1. The van der Waals surface area contributed by atoms with Gasteiger partial charge >= 0.3 is 0 Å². The van der Waals surface area contributed by atoms with Crippen molar-refractivity contribution in [3.63, 3.8) is 0 Å². The fourth-order valence-electron chi connectivity index (χ4n) is 3.18. The van der Waals surface area contributed by atoms with E-state index in [-0.39, 0.29) is 21.3 Å². The number of carbonyl (C=O) groups is 1. The zero-order chi connectivity index (χ0) is 19.1. The number of anilines is 1. The van der Waals surface area contributed by atoms with Crippen molar-refractivity contribution in [3.8, 4) is 0 Å². The van der Waals surface area contributed by atoms with Crippen molar-refractivity contribution >= 4 is 33.2 Å². The Kier molecular flexibility index (Phi) is 5.09. The second-order valence-electron chi connectivity index (χ2n) is 6.27. The Morgan fingerprint density at radius 3 is 2.54 bits per heavy atom. The molecule has 0 aliphatic carbocycles. The van der Waals surface area contributed by atoms with E-state index in [4.69, 9.17) is 11.6 Å². The summed E-state index contributed by atoms with van der Waals surface area (Å²) in [5, 5.41) is 2.66. The number of hydrogen-bond donors (Lipinski definition) is 2. The van der Waals surface area contributed by atoms with E-state index in [1.807, 2.05) is 0 Å². The average Bonchev–Trinajstić information content (AvgIpc) is 3.19. The summed E-state index contributed by atoms with van der Waals surface area (Å²) >= 11 is 5.70. The third kappa shape index (κ3) is 3.36. The molecule has 3 rings (SSSR count). The van der Waals surface area contributed by atoms with Gasteiger partial charge in [-0.3, -0.25) is 4.79 Å². The number of hydrogen-bond acceptors (Lipinski definition) is 3. The fraction of sp³-hybridized carbons (Fsp3) is 0.353. The molecule has 1 saturated heterocycles. The molecule has 1 amide bonds. The average molecular weight is 400 g/mol. The molecule has 1 aromatic heterocycles. The van der Waals surface area contributed by atoms with Crippen LogP contribution in [0.2, 0.25) is 5.02 Å². The smallest absolute Gasteiger partial charge is 0.272 e. The molecule has 140 valence electrons. The van der Waals surface area contributed by atoms with Crippen LogP contribution in [-0.4, -0.2) is 36.7 Å². The van der Waals surface area contributed by atoms with Gasteiger partial charge in [0.05, 0.1) is 5.69 Å². The lowest BCUT2D eigenvalue weighted by molar-refractivity contribution is 0.102. The lowest BCUT2D eigenvalue weighted by Crippen LogP contribution is -2.28. The Morgan fingerprint density at radius 1 is 1.27 bits per heavy atom. The Hall–Kier alpha value is -1.90. The number of rotatable bonds is 4. The summed E-state index contributed by atoms with van der Waals surface area (Å²) < 4.78 is 41.0. The van der Waals surface area contributed by atoms with Gasteiger partial charge in [-0.2, -0.15) is 4.31 Å². The molecule has 2 aromatic rings. The third-order valence-corrected chi connectivity index (χ3v) is 6.85. The molecule has 1 aromatic carbocycles. The molecule has 1 aliphatic rings. The van der Waals surface area contributed by atoms with Crippen LogP contribution in [0.5, 0.6) is 0 Å². The van der Waals surface area contributed by atoms with Crippen LogP contribution in [0.4, 0.5) is 10.1 Å². The molecule has 0 atom stereocenters. The zero-order valence-corrected chi connectivity index (χ0v) is 16.0. The minimum atomic E-state index is -3.67. The highest BCUT2D eigenvalue weighted by atomic mass is 35.5. The molecule has 26 heavy (non-hydrogen) atoms. The van der Waals surface area contributed by atoms with Crippen molar-refractivity contribution in [1.29, 1.82) is 0 Å². The Bertz CT molecular complexity index is 966. The summed E-state index contributed by atoms with van der Waals surface area (Å²) in [5.41, 5.74) is 0.766. The first kappa shape index (κ1) is 18.9. The number of sulfonamides is 1. The fourth-order valence-corrected chi connectivity index (χ4v) is 5.26. The number of amides is 1. The Morgan fingerprint density at radius 2 is 1.92 bits per heavy atom. The first-order chi connectivity index (χ1) is 12.2. The van der Waals surface area contributed by atoms with Crippen LogP contribution in [0.3, 0.4) is 0 Å². The van der Waals surface area contributed by atoms with Crippen molar-refractivity contribution in [3.05, 3.63) is 46.0 Å². The quantitative estimate of drug-likeness (QED) is 0.825. The first-order valence-electron chi connectivity index (χ1n) is 8.17. The minimum Gasteiger partial charge on any atom is -0.353 e. The number of halogens is 2. The van der Waals surface area contributed by atoms with Crippen molar-refractivity contribution in [1.82, 2.24) is 9.29 Å². The molecule has 1 aliphatic heterocycles. The molecule has 2 heterocycles. The standard InChI is InChI=1S/C17H19ClFN3O3S/c1-10-15(17(23)21-14-6-5-12(18)9-13(14)19)20-11(2)16(10)26(24,25)22-7-3-4-8-22/h5-6,9,20H,3-4,7-8H2,1-2H3,(H,21,23). The van der Waals surface area contributed by atoms with Crippen molar-refractivity contribution in [2.75, 3.05) is 18.4 Å². The van der Waals surface area contributed by atoms with Crippen LogP contribution in [0.25, 0.3) is 0 Å². The maximum absolute atomic E-state index is 13.9. The van der Waals surface area contributed by atoms with Crippen molar-refractivity contribution in [2.45, 2.75) is 31.6 Å².